The lowest BCUT2D eigenvalue weighted by Gasteiger charge is -2.33. The number of nitrogens with one attached hydrogen (secondary N) is 1. The molecule has 2 saturated heterocycles. The molecular formula is C15H19F3N2O3S. The van der Waals surface area contributed by atoms with Gasteiger partial charge in [-0.1, -0.05) is 12.1 Å². The first kappa shape index (κ1) is 17.7. The Kier molecular flexibility index (Phi) is 4.63. The molecule has 2 fully saturated rings. The number of morpholine rings is 1. The van der Waals surface area contributed by atoms with Crippen LogP contribution in [-0.4, -0.2) is 51.2 Å². The van der Waals surface area contributed by atoms with Gasteiger partial charge < -0.3 is 4.74 Å². The Labute approximate surface area is 138 Å². The van der Waals surface area contributed by atoms with E-state index in [1.165, 1.54) is 12.1 Å². The quantitative estimate of drug-likeness (QED) is 0.889. The first-order valence-corrected chi connectivity index (χ1v) is 9.19. The van der Waals surface area contributed by atoms with E-state index >= 15 is 0 Å². The van der Waals surface area contributed by atoms with E-state index in [0.717, 1.165) is 12.1 Å². The zero-order valence-corrected chi connectivity index (χ0v) is 13.9. The molecule has 3 atom stereocenters. The van der Waals surface area contributed by atoms with Crippen molar-refractivity contribution in [1.29, 1.82) is 0 Å². The maximum atomic E-state index is 13.1. The highest BCUT2D eigenvalue weighted by molar-refractivity contribution is 7.89. The number of halogens is 3. The summed E-state index contributed by atoms with van der Waals surface area (Å²) in [6.07, 6.45) is -4.12. The van der Waals surface area contributed by atoms with E-state index < -0.39 is 32.7 Å². The van der Waals surface area contributed by atoms with Crippen LogP contribution in [0.25, 0.3) is 0 Å². The third-order valence-electron chi connectivity index (χ3n) is 4.40. The van der Waals surface area contributed by atoms with E-state index in [4.69, 9.17) is 4.74 Å². The van der Waals surface area contributed by atoms with Gasteiger partial charge in [-0.05, 0) is 25.5 Å². The van der Waals surface area contributed by atoms with E-state index in [-0.39, 0.29) is 12.1 Å². The monoisotopic (exact) mass is 364 g/mol. The van der Waals surface area contributed by atoms with Crippen LogP contribution in [0.3, 0.4) is 0 Å². The average Bonchev–Trinajstić information content (AvgIpc) is 2.87. The zero-order valence-electron chi connectivity index (χ0n) is 13.1. The van der Waals surface area contributed by atoms with Gasteiger partial charge in [0.05, 0.1) is 23.2 Å². The molecule has 24 heavy (non-hydrogen) atoms. The van der Waals surface area contributed by atoms with Crippen molar-refractivity contribution in [3.05, 3.63) is 29.8 Å². The van der Waals surface area contributed by atoms with Crippen LogP contribution >= 0.6 is 0 Å². The van der Waals surface area contributed by atoms with E-state index in [9.17, 15) is 21.6 Å². The van der Waals surface area contributed by atoms with Crippen molar-refractivity contribution < 1.29 is 26.3 Å². The second-order valence-electron chi connectivity index (χ2n) is 6.30. The number of ether oxygens (including phenoxy) is 1. The molecule has 0 bridgehead atoms. The third kappa shape index (κ3) is 3.58. The molecule has 9 heteroatoms. The Morgan fingerprint density at radius 2 is 1.96 bits per heavy atom. The van der Waals surface area contributed by atoms with Gasteiger partial charge in [-0.2, -0.15) is 13.2 Å². The summed E-state index contributed by atoms with van der Waals surface area (Å²) in [6.45, 7) is 3.62. The van der Waals surface area contributed by atoms with Crippen molar-refractivity contribution in [2.45, 2.75) is 42.6 Å². The predicted molar refractivity (Wildman–Crippen MR) is 80.9 cm³/mol. The van der Waals surface area contributed by atoms with E-state index in [0.29, 0.717) is 26.1 Å². The van der Waals surface area contributed by atoms with Crippen molar-refractivity contribution >= 4 is 10.0 Å². The highest BCUT2D eigenvalue weighted by atomic mass is 32.2. The molecule has 5 nitrogen and oxygen atoms in total. The van der Waals surface area contributed by atoms with Crippen molar-refractivity contribution in [3.8, 4) is 0 Å². The summed E-state index contributed by atoms with van der Waals surface area (Å²) >= 11 is 0. The van der Waals surface area contributed by atoms with Gasteiger partial charge in [0.25, 0.3) is 0 Å². The number of hydrogen-bond donors (Lipinski definition) is 1. The molecule has 1 aromatic carbocycles. The van der Waals surface area contributed by atoms with Gasteiger partial charge in [-0.25, -0.2) is 13.1 Å². The summed E-state index contributed by atoms with van der Waals surface area (Å²) < 4.78 is 72.1. The first-order valence-electron chi connectivity index (χ1n) is 7.71. The van der Waals surface area contributed by atoms with Crippen LogP contribution in [0.15, 0.2) is 29.2 Å². The summed E-state index contributed by atoms with van der Waals surface area (Å²) in [6, 6.07) is 3.91. The zero-order chi connectivity index (χ0) is 17.5. The molecule has 3 rings (SSSR count). The number of fused-ring (bicyclic) bond motifs is 1. The predicted octanol–water partition coefficient (Wildman–Crippen LogP) is 1.85. The molecule has 1 aromatic rings. The van der Waals surface area contributed by atoms with E-state index in [1.54, 1.807) is 0 Å². The van der Waals surface area contributed by atoms with Gasteiger partial charge in [0.2, 0.25) is 10.0 Å². The molecule has 0 saturated carbocycles. The molecule has 0 aromatic heterocycles. The molecule has 2 aliphatic rings. The number of benzene rings is 1. The number of alkyl halides is 3. The van der Waals surface area contributed by atoms with Crippen LogP contribution in [0.2, 0.25) is 0 Å². The van der Waals surface area contributed by atoms with Crippen molar-refractivity contribution in [2.75, 3.05) is 19.7 Å². The maximum absolute atomic E-state index is 13.1. The molecule has 2 aliphatic heterocycles. The third-order valence-corrected chi connectivity index (χ3v) is 5.98. The standard InChI is InChI=1S/C15H19F3N2O3S/c1-10-7-20-8-11(6-12(20)9-23-10)19-24(21,22)14-5-3-2-4-13(14)15(16,17)18/h2-5,10-12,19H,6-9H2,1H3/t10-,11+,12-/m0/s1. The lowest BCUT2D eigenvalue weighted by molar-refractivity contribution is -0.139. The molecule has 134 valence electrons. The molecule has 1 N–H and O–H groups in total. The number of hydrogen-bond acceptors (Lipinski definition) is 4. The molecule has 0 radical (unpaired) electrons. The largest absolute Gasteiger partial charge is 0.417 e. The lowest BCUT2D eigenvalue weighted by Crippen LogP contribution is -2.45. The smallest absolute Gasteiger partial charge is 0.376 e. The topological polar surface area (TPSA) is 58.6 Å². The fraction of sp³-hybridized carbons (Fsp3) is 0.600. The molecule has 0 aliphatic carbocycles. The van der Waals surface area contributed by atoms with Gasteiger partial charge in [-0.15, -0.1) is 0 Å². The van der Waals surface area contributed by atoms with E-state index in [2.05, 4.69) is 9.62 Å². The summed E-state index contributed by atoms with van der Waals surface area (Å²) in [7, 11) is -4.25. The Morgan fingerprint density at radius 1 is 1.25 bits per heavy atom. The minimum atomic E-state index is -4.72. The molecule has 0 spiro atoms. The van der Waals surface area contributed by atoms with Crippen molar-refractivity contribution in [1.82, 2.24) is 9.62 Å². The minimum Gasteiger partial charge on any atom is -0.376 e. The van der Waals surface area contributed by atoms with Crippen molar-refractivity contribution in [3.63, 3.8) is 0 Å². The van der Waals surface area contributed by atoms with Crippen LogP contribution in [0.4, 0.5) is 13.2 Å². The molecule has 2 heterocycles. The van der Waals surface area contributed by atoms with Gasteiger partial charge in [0.1, 0.15) is 0 Å². The fourth-order valence-corrected chi connectivity index (χ4v) is 4.81. The number of sulfonamides is 1. The van der Waals surface area contributed by atoms with Gasteiger partial charge >= 0.3 is 6.18 Å². The van der Waals surface area contributed by atoms with Gasteiger partial charge in [0.15, 0.2) is 0 Å². The summed E-state index contributed by atoms with van der Waals surface area (Å²) in [5.74, 6) is 0. The second kappa shape index (κ2) is 6.29. The highest BCUT2D eigenvalue weighted by Crippen LogP contribution is 2.34. The summed E-state index contributed by atoms with van der Waals surface area (Å²) in [4.78, 5) is 1.39. The number of nitrogens with zero attached hydrogens (tertiary/aromatic N) is 1. The lowest BCUT2D eigenvalue weighted by atomic mass is 10.2. The van der Waals surface area contributed by atoms with Crippen LogP contribution in [0.1, 0.15) is 18.9 Å². The molecular weight excluding hydrogens is 345 g/mol. The highest BCUT2D eigenvalue weighted by Gasteiger charge is 2.40. The van der Waals surface area contributed by atoms with Crippen molar-refractivity contribution in [2.24, 2.45) is 0 Å². The average molecular weight is 364 g/mol. The van der Waals surface area contributed by atoms with Crippen LogP contribution < -0.4 is 4.72 Å². The fourth-order valence-electron chi connectivity index (χ4n) is 3.34. The maximum Gasteiger partial charge on any atom is 0.417 e. The second-order valence-corrected chi connectivity index (χ2v) is 7.98. The SMILES string of the molecule is C[C@H]1CN2C[C@H](NS(=O)(=O)c3ccccc3C(F)(F)F)C[C@H]2CO1. The Hall–Kier alpha value is -1.16. The van der Waals surface area contributed by atoms with Crippen LogP contribution in [0, 0.1) is 0 Å². The summed E-state index contributed by atoms with van der Waals surface area (Å²) in [5, 5.41) is 0. The van der Waals surface area contributed by atoms with E-state index in [1.807, 2.05) is 6.92 Å². The molecule has 0 unspecified atom stereocenters. The molecule has 0 amide bonds. The minimum absolute atomic E-state index is 0.0718. The Bertz CT molecular complexity index is 708. The van der Waals surface area contributed by atoms with Crippen LogP contribution in [0.5, 0.6) is 0 Å². The number of rotatable bonds is 3. The Balaban J connectivity index is 1.78. The van der Waals surface area contributed by atoms with Gasteiger partial charge in [0, 0.05) is 25.2 Å². The Morgan fingerprint density at radius 3 is 2.67 bits per heavy atom. The summed E-state index contributed by atoms with van der Waals surface area (Å²) in [5.41, 5.74) is -1.15. The van der Waals surface area contributed by atoms with Crippen LogP contribution in [-0.2, 0) is 20.9 Å². The van der Waals surface area contributed by atoms with Gasteiger partial charge in [-0.3, -0.25) is 4.90 Å². The first-order chi connectivity index (χ1) is 11.2. The normalized spacial score (nSPS) is 28.8.